The van der Waals surface area contributed by atoms with E-state index in [1.807, 2.05) is 0 Å². The number of unbranched alkanes of at least 4 members (excludes halogenated alkanes) is 18. The van der Waals surface area contributed by atoms with E-state index in [0.29, 0.717) is 19.4 Å². The first-order valence-electron chi connectivity index (χ1n) is 26.4. The topological polar surface area (TPSA) is 61.8 Å². The van der Waals surface area contributed by atoms with E-state index < -0.39 is 6.10 Å². The van der Waals surface area contributed by atoms with Crippen LogP contribution in [-0.4, -0.2) is 37.9 Å². The first-order chi connectivity index (χ1) is 31.6. The summed E-state index contributed by atoms with van der Waals surface area (Å²) in [5.74, 6) is -0.454. The number of hydrogen-bond donors (Lipinski definition) is 0. The Labute approximate surface area is 395 Å². The lowest BCUT2D eigenvalue weighted by atomic mass is 10.1. The Morgan fingerprint density at radius 3 is 1.19 bits per heavy atom. The van der Waals surface area contributed by atoms with Gasteiger partial charge in [-0.25, -0.2) is 0 Å². The Balaban J connectivity index is 4.37. The van der Waals surface area contributed by atoms with Crippen LogP contribution < -0.4 is 0 Å². The van der Waals surface area contributed by atoms with Gasteiger partial charge >= 0.3 is 11.9 Å². The summed E-state index contributed by atoms with van der Waals surface area (Å²) >= 11 is 0. The molecule has 0 rings (SSSR count). The molecule has 364 valence electrons. The highest BCUT2D eigenvalue weighted by Gasteiger charge is 2.17. The molecule has 0 bridgehead atoms. The third-order valence-electron chi connectivity index (χ3n) is 10.8. The van der Waals surface area contributed by atoms with Crippen molar-refractivity contribution in [3.63, 3.8) is 0 Å². The van der Waals surface area contributed by atoms with Crippen molar-refractivity contribution in [2.75, 3.05) is 19.8 Å². The van der Waals surface area contributed by atoms with Gasteiger partial charge in [0.15, 0.2) is 6.10 Å². The average molecular weight is 887 g/mol. The van der Waals surface area contributed by atoms with Gasteiger partial charge in [0.2, 0.25) is 0 Å². The summed E-state index contributed by atoms with van der Waals surface area (Å²) in [5.41, 5.74) is 0. The van der Waals surface area contributed by atoms with E-state index in [-0.39, 0.29) is 25.2 Å². The summed E-state index contributed by atoms with van der Waals surface area (Å²) in [6.07, 6.45) is 73.9. The van der Waals surface area contributed by atoms with Gasteiger partial charge in [0.1, 0.15) is 6.61 Å². The standard InChI is InChI=1S/C59H98O5/c1-4-7-10-13-16-19-22-24-26-28-29-30-32-34-36-39-42-45-48-51-54-62-55-57(64-59(61)53-50-47-44-41-37-21-18-15-12-9-6-3)56-63-58(60)52-49-46-43-40-38-35-33-31-27-25-23-20-17-14-11-8-5-2/h7,10,15-20,24-27,29-30,34,36,42,45,57H,4-6,8-9,11-14,21-23,28,31-33,35,37-41,43-44,46-56H2,1-3H3/b10-7-,18-15-,19-16-,20-17-,26-24-,27-25-,30-29-,36-34-,45-42-. The summed E-state index contributed by atoms with van der Waals surface area (Å²) in [7, 11) is 0. The zero-order valence-corrected chi connectivity index (χ0v) is 41.8. The zero-order valence-electron chi connectivity index (χ0n) is 41.8. The lowest BCUT2D eigenvalue weighted by molar-refractivity contribution is -0.163. The molecule has 0 aliphatic rings. The second-order valence-corrected chi connectivity index (χ2v) is 17.0. The average Bonchev–Trinajstić information content (AvgIpc) is 3.30. The molecule has 5 nitrogen and oxygen atoms in total. The number of esters is 2. The minimum absolute atomic E-state index is 0.0488. The van der Waals surface area contributed by atoms with Crippen molar-refractivity contribution >= 4 is 11.9 Å². The highest BCUT2D eigenvalue weighted by Crippen LogP contribution is 2.13. The predicted molar refractivity (Wildman–Crippen MR) is 279 cm³/mol. The van der Waals surface area contributed by atoms with Gasteiger partial charge in [-0.3, -0.25) is 9.59 Å². The lowest BCUT2D eigenvalue weighted by Crippen LogP contribution is -2.30. The van der Waals surface area contributed by atoms with Gasteiger partial charge in [0, 0.05) is 19.4 Å². The molecular weight excluding hydrogens is 789 g/mol. The van der Waals surface area contributed by atoms with Crippen molar-refractivity contribution in [2.24, 2.45) is 0 Å². The third-order valence-corrected chi connectivity index (χ3v) is 10.8. The Bertz CT molecular complexity index is 1280. The molecule has 0 aromatic heterocycles. The van der Waals surface area contributed by atoms with Crippen molar-refractivity contribution in [1.29, 1.82) is 0 Å². The molecule has 0 amide bonds. The Morgan fingerprint density at radius 1 is 0.359 bits per heavy atom. The van der Waals surface area contributed by atoms with E-state index in [0.717, 1.165) is 103 Å². The Hall–Kier alpha value is -3.44. The van der Waals surface area contributed by atoms with Crippen LogP contribution >= 0.6 is 0 Å². The van der Waals surface area contributed by atoms with Gasteiger partial charge in [-0.1, -0.05) is 207 Å². The SMILES string of the molecule is CC/C=C\C/C=C\C/C=C\C/C=C\C/C=C\C/C=C\CCCOCC(COC(=O)CCCCCCCCC/C=C\C/C=C\CCCCC)OC(=O)CCCCCCC/C=C\CCCC. The first kappa shape index (κ1) is 60.6. The number of hydrogen-bond acceptors (Lipinski definition) is 5. The van der Waals surface area contributed by atoms with Crippen LogP contribution in [0.5, 0.6) is 0 Å². The maximum Gasteiger partial charge on any atom is 0.306 e. The minimum atomic E-state index is -0.580. The number of carbonyl (C=O) groups is 2. The van der Waals surface area contributed by atoms with Crippen LogP contribution in [0.25, 0.3) is 0 Å². The Kier molecular flexibility index (Phi) is 51.0. The fourth-order valence-corrected chi connectivity index (χ4v) is 6.83. The van der Waals surface area contributed by atoms with E-state index in [2.05, 4.69) is 130 Å². The van der Waals surface area contributed by atoms with Crippen LogP contribution in [0.2, 0.25) is 0 Å². The zero-order chi connectivity index (χ0) is 46.3. The highest BCUT2D eigenvalue weighted by molar-refractivity contribution is 5.70. The number of allylic oxidation sites excluding steroid dienone is 18. The minimum Gasteiger partial charge on any atom is -0.462 e. The molecule has 0 heterocycles. The molecule has 0 aromatic carbocycles. The van der Waals surface area contributed by atoms with Gasteiger partial charge in [-0.05, 0) is 116 Å². The van der Waals surface area contributed by atoms with Crippen molar-refractivity contribution in [1.82, 2.24) is 0 Å². The fraction of sp³-hybridized carbons (Fsp3) is 0.661. The predicted octanol–water partition coefficient (Wildman–Crippen LogP) is 18.0. The number of ether oxygens (including phenoxy) is 3. The quantitative estimate of drug-likeness (QED) is 0.0346. The van der Waals surface area contributed by atoms with Gasteiger partial charge in [0.25, 0.3) is 0 Å². The van der Waals surface area contributed by atoms with Crippen molar-refractivity contribution in [3.8, 4) is 0 Å². The summed E-state index contributed by atoms with van der Waals surface area (Å²) in [6, 6.07) is 0. The van der Waals surface area contributed by atoms with Crippen LogP contribution in [0.4, 0.5) is 0 Å². The molecule has 0 spiro atoms. The molecule has 0 saturated heterocycles. The summed E-state index contributed by atoms with van der Waals surface area (Å²) in [6.45, 7) is 7.48. The van der Waals surface area contributed by atoms with E-state index in [1.165, 1.54) is 89.9 Å². The number of carbonyl (C=O) groups excluding carboxylic acids is 2. The van der Waals surface area contributed by atoms with Crippen LogP contribution in [0.3, 0.4) is 0 Å². The van der Waals surface area contributed by atoms with E-state index in [9.17, 15) is 9.59 Å². The molecule has 0 fully saturated rings. The molecule has 1 atom stereocenters. The first-order valence-corrected chi connectivity index (χ1v) is 26.4. The number of rotatable bonds is 47. The maximum atomic E-state index is 12.8. The smallest absolute Gasteiger partial charge is 0.306 e. The van der Waals surface area contributed by atoms with Crippen LogP contribution in [-0.2, 0) is 23.8 Å². The normalized spacial score (nSPS) is 13.1. The fourth-order valence-electron chi connectivity index (χ4n) is 6.83. The molecule has 0 aliphatic carbocycles. The second kappa shape index (κ2) is 53.9. The summed E-state index contributed by atoms with van der Waals surface area (Å²) < 4.78 is 17.3. The molecule has 1 unspecified atom stereocenters. The molecule has 0 aromatic rings. The van der Waals surface area contributed by atoms with Gasteiger partial charge in [-0.2, -0.15) is 0 Å². The molecule has 5 heteroatoms. The lowest BCUT2D eigenvalue weighted by Gasteiger charge is -2.18. The molecule has 64 heavy (non-hydrogen) atoms. The Morgan fingerprint density at radius 2 is 0.719 bits per heavy atom. The third kappa shape index (κ3) is 51.2. The molecule has 0 saturated carbocycles. The molecular formula is C59H98O5. The van der Waals surface area contributed by atoms with Crippen molar-refractivity contribution in [3.05, 3.63) is 109 Å². The van der Waals surface area contributed by atoms with Gasteiger partial charge in [0.05, 0.1) is 6.61 Å². The van der Waals surface area contributed by atoms with Crippen molar-refractivity contribution in [2.45, 2.75) is 232 Å². The second-order valence-electron chi connectivity index (χ2n) is 17.0. The molecule has 0 aliphatic heterocycles. The monoisotopic (exact) mass is 887 g/mol. The van der Waals surface area contributed by atoms with Crippen LogP contribution in [0.15, 0.2) is 109 Å². The van der Waals surface area contributed by atoms with Crippen molar-refractivity contribution < 1.29 is 23.8 Å². The summed E-state index contributed by atoms with van der Waals surface area (Å²) in [4.78, 5) is 25.4. The van der Waals surface area contributed by atoms with E-state index >= 15 is 0 Å². The molecule has 0 N–H and O–H groups in total. The largest absolute Gasteiger partial charge is 0.462 e. The molecule has 0 radical (unpaired) electrons. The van der Waals surface area contributed by atoms with Gasteiger partial charge in [-0.15, -0.1) is 0 Å². The van der Waals surface area contributed by atoms with E-state index in [4.69, 9.17) is 14.2 Å². The van der Waals surface area contributed by atoms with E-state index in [1.54, 1.807) is 0 Å². The maximum absolute atomic E-state index is 12.8. The highest BCUT2D eigenvalue weighted by atomic mass is 16.6. The van der Waals surface area contributed by atoms with Crippen LogP contribution in [0, 0.1) is 0 Å². The van der Waals surface area contributed by atoms with Crippen LogP contribution in [0.1, 0.15) is 226 Å². The van der Waals surface area contributed by atoms with Gasteiger partial charge < -0.3 is 14.2 Å². The summed E-state index contributed by atoms with van der Waals surface area (Å²) in [5, 5.41) is 0.